The zero-order valence-corrected chi connectivity index (χ0v) is 15.1. The third-order valence-electron chi connectivity index (χ3n) is 2.95. The van der Waals surface area contributed by atoms with E-state index in [4.69, 9.17) is 9.47 Å². The lowest BCUT2D eigenvalue weighted by Crippen LogP contribution is -2.22. The molecule has 0 spiro atoms. The molecule has 1 atom stereocenters. The topological polar surface area (TPSA) is 18.5 Å². The molecular formula is C17H38O2. The third-order valence-corrected chi connectivity index (χ3v) is 2.95. The Kier molecular flexibility index (Phi) is 10.9. The Balaban J connectivity index is 0. The van der Waals surface area contributed by atoms with Crippen molar-refractivity contribution >= 4 is 0 Å². The van der Waals surface area contributed by atoms with Crippen molar-refractivity contribution < 1.29 is 9.47 Å². The van der Waals surface area contributed by atoms with E-state index in [1.807, 2.05) is 0 Å². The van der Waals surface area contributed by atoms with Crippen LogP contribution < -0.4 is 0 Å². The summed E-state index contributed by atoms with van der Waals surface area (Å²) in [6.45, 7) is 21.4. The van der Waals surface area contributed by atoms with Gasteiger partial charge in [-0.15, -0.1) is 0 Å². The first kappa shape index (κ1) is 21.2. The van der Waals surface area contributed by atoms with Crippen LogP contribution >= 0.6 is 0 Å². The number of hydrogen-bond acceptors (Lipinski definition) is 2. The minimum atomic E-state index is 0.0191. The van der Waals surface area contributed by atoms with E-state index in [-0.39, 0.29) is 5.60 Å². The fourth-order valence-corrected chi connectivity index (χ4v) is 1.12. The van der Waals surface area contributed by atoms with Gasteiger partial charge in [-0.05, 0) is 44.4 Å². The molecule has 0 aliphatic carbocycles. The average Bonchev–Trinajstić information content (AvgIpc) is 2.14. The summed E-state index contributed by atoms with van der Waals surface area (Å²) in [7, 11) is 1.75. The number of hydrogen-bond donors (Lipinski definition) is 0. The molecule has 0 aromatic rings. The van der Waals surface area contributed by atoms with Crippen LogP contribution in [0.1, 0.15) is 68.7 Å². The molecule has 0 N–H and O–H groups in total. The van der Waals surface area contributed by atoms with Crippen molar-refractivity contribution in [1.29, 1.82) is 0 Å². The molecule has 0 fully saturated rings. The monoisotopic (exact) mass is 274 g/mol. The Morgan fingerprint density at radius 1 is 0.895 bits per heavy atom. The molecule has 2 heteroatoms. The van der Waals surface area contributed by atoms with Gasteiger partial charge in [0.25, 0.3) is 0 Å². The standard InChI is InChI=1S/C10H22O.C7H16O/c1-9(2,3)7-8-11-10(4,5)6;1-6(2)7(3)5-8-4/h7-8H2,1-6H3;6-7H,5H2,1-4H3. The second kappa shape index (κ2) is 9.77. The largest absolute Gasteiger partial charge is 0.384 e. The zero-order valence-electron chi connectivity index (χ0n) is 15.1. The summed E-state index contributed by atoms with van der Waals surface area (Å²) in [6, 6.07) is 0. The van der Waals surface area contributed by atoms with Crippen molar-refractivity contribution in [3.05, 3.63) is 0 Å². The second-order valence-electron chi connectivity index (χ2n) is 7.95. The third kappa shape index (κ3) is 20.4. The van der Waals surface area contributed by atoms with Gasteiger partial charge in [-0.25, -0.2) is 0 Å². The minimum Gasteiger partial charge on any atom is -0.384 e. The summed E-state index contributed by atoms with van der Waals surface area (Å²) in [5.41, 5.74) is 0.413. The fraction of sp³-hybridized carbons (Fsp3) is 1.00. The molecule has 0 aromatic heterocycles. The van der Waals surface area contributed by atoms with Crippen LogP contribution in [0.5, 0.6) is 0 Å². The fourth-order valence-electron chi connectivity index (χ4n) is 1.12. The maximum atomic E-state index is 5.61. The predicted molar refractivity (Wildman–Crippen MR) is 85.7 cm³/mol. The van der Waals surface area contributed by atoms with E-state index in [0.717, 1.165) is 25.6 Å². The summed E-state index contributed by atoms with van der Waals surface area (Å²) >= 11 is 0. The molecule has 118 valence electrons. The molecule has 0 aliphatic heterocycles. The van der Waals surface area contributed by atoms with E-state index in [1.54, 1.807) is 7.11 Å². The maximum Gasteiger partial charge on any atom is 0.0598 e. The van der Waals surface area contributed by atoms with Gasteiger partial charge in [0.05, 0.1) is 5.60 Å². The molecule has 2 nitrogen and oxygen atoms in total. The van der Waals surface area contributed by atoms with Gasteiger partial charge in [-0.1, -0.05) is 41.5 Å². The summed E-state index contributed by atoms with van der Waals surface area (Å²) < 4.78 is 10.6. The SMILES string of the molecule is CC(C)(C)CCOC(C)(C)C.COCC(C)C(C)C. The lowest BCUT2D eigenvalue weighted by molar-refractivity contribution is -0.0139. The van der Waals surface area contributed by atoms with E-state index >= 15 is 0 Å². The van der Waals surface area contributed by atoms with Crippen molar-refractivity contribution in [1.82, 2.24) is 0 Å². The second-order valence-corrected chi connectivity index (χ2v) is 7.95. The van der Waals surface area contributed by atoms with Gasteiger partial charge in [0.2, 0.25) is 0 Å². The Hall–Kier alpha value is -0.0800. The van der Waals surface area contributed by atoms with Crippen LogP contribution in [0.4, 0.5) is 0 Å². The van der Waals surface area contributed by atoms with Gasteiger partial charge in [-0.3, -0.25) is 0 Å². The molecule has 0 rings (SSSR count). The van der Waals surface area contributed by atoms with Crippen molar-refractivity contribution in [2.75, 3.05) is 20.3 Å². The molecule has 0 aliphatic rings. The molecule has 0 radical (unpaired) electrons. The van der Waals surface area contributed by atoms with Crippen molar-refractivity contribution in [2.45, 2.75) is 74.3 Å². The summed E-state index contributed by atoms with van der Waals surface area (Å²) in [5, 5.41) is 0. The average molecular weight is 274 g/mol. The highest BCUT2D eigenvalue weighted by Gasteiger charge is 2.14. The quantitative estimate of drug-likeness (QED) is 0.689. The van der Waals surface area contributed by atoms with Gasteiger partial charge < -0.3 is 9.47 Å². The smallest absolute Gasteiger partial charge is 0.0598 e. The van der Waals surface area contributed by atoms with Gasteiger partial charge in [-0.2, -0.15) is 0 Å². The molecule has 0 aromatic carbocycles. The molecular weight excluding hydrogens is 236 g/mol. The molecule has 19 heavy (non-hydrogen) atoms. The molecule has 0 bridgehead atoms. The van der Waals surface area contributed by atoms with Gasteiger partial charge >= 0.3 is 0 Å². The molecule has 1 unspecified atom stereocenters. The molecule has 0 heterocycles. The summed E-state index contributed by atoms with van der Waals surface area (Å²) in [6.07, 6.45) is 1.13. The minimum absolute atomic E-state index is 0.0191. The van der Waals surface area contributed by atoms with Gasteiger partial charge in [0.1, 0.15) is 0 Å². The lowest BCUT2D eigenvalue weighted by atomic mass is 9.93. The maximum absolute atomic E-state index is 5.61. The van der Waals surface area contributed by atoms with Crippen LogP contribution in [0, 0.1) is 17.3 Å². The Morgan fingerprint density at radius 3 is 1.58 bits per heavy atom. The van der Waals surface area contributed by atoms with Crippen LogP contribution in [0.15, 0.2) is 0 Å². The van der Waals surface area contributed by atoms with Crippen LogP contribution in [0.25, 0.3) is 0 Å². The first-order valence-electron chi connectivity index (χ1n) is 7.52. The van der Waals surface area contributed by atoms with Gasteiger partial charge in [0.15, 0.2) is 0 Å². The zero-order chi connectivity index (χ0) is 15.7. The summed E-state index contributed by atoms with van der Waals surface area (Å²) in [4.78, 5) is 0. The van der Waals surface area contributed by atoms with Crippen LogP contribution in [-0.4, -0.2) is 25.9 Å². The van der Waals surface area contributed by atoms with E-state index in [0.29, 0.717) is 11.3 Å². The molecule has 0 saturated heterocycles. The van der Waals surface area contributed by atoms with E-state index in [2.05, 4.69) is 62.3 Å². The predicted octanol–water partition coefficient (Wildman–Crippen LogP) is 5.16. The first-order chi connectivity index (χ1) is 8.39. The van der Waals surface area contributed by atoms with Crippen molar-refractivity contribution in [2.24, 2.45) is 17.3 Å². The number of methoxy groups -OCH3 is 1. The highest BCUT2D eigenvalue weighted by molar-refractivity contribution is 4.63. The summed E-state index contributed by atoms with van der Waals surface area (Å²) in [5.74, 6) is 1.44. The highest BCUT2D eigenvalue weighted by Crippen LogP contribution is 2.19. The van der Waals surface area contributed by atoms with Crippen LogP contribution in [0.3, 0.4) is 0 Å². The van der Waals surface area contributed by atoms with E-state index in [9.17, 15) is 0 Å². The normalized spacial score (nSPS) is 14.1. The van der Waals surface area contributed by atoms with Crippen molar-refractivity contribution in [3.63, 3.8) is 0 Å². The molecule has 0 amide bonds. The van der Waals surface area contributed by atoms with Gasteiger partial charge in [0, 0.05) is 20.3 Å². The van der Waals surface area contributed by atoms with E-state index in [1.165, 1.54) is 0 Å². The van der Waals surface area contributed by atoms with E-state index < -0.39 is 0 Å². The number of ether oxygens (including phenoxy) is 2. The molecule has 0 saturated carbocycles. The van der Waals surface area contributed by atoms with Crippen LogP contribution in [0.2, 0.25) is 0 Å². The Morgan fingerprint density at radius 2 is 1.37 bits per heavy atom. The van der Waals surface area contributed by atoms with Crippen molar-refractivity contribution in [3.8, 4) is 0 Å². The Bertz CT molecular complexity index is 182. The first-order valence-corrected chi connectivity index (χ1v) is 7.52. The lowest BCUT2D eigenvalue weighted by Gasteiger charge is -2.23. The number of rotatable bonds is 5. The van der Waals surface area contributed by atoms with Crippen LogP contribution in [-0.2, 0) is 9.47 Å². The highest BCUT2D eigenvalue weighted by atomic mass is 16.5. The Labute approximate surface area is 122 Å².